The van der Waals surface area contributed by atoms with Crippen LogP contribution in [0.5, 0.6) is 0 Å². The van der Waals surface area contributed by atoms with Crippen LogP contribution < -0.4 is 5.43 Å². The molecule has 0 aromatic heterocycles. The zero-order chi connectivity index (χ0) is 9.97. The quantitative estimate of drug-likeness (QED) is 0.764. The molecule has 1 aliphatic rings. The van der Waals surface area contributed by atoms with Crippen LogP contribution in [0.2, 0.25) is 0 Å². The molecule has 1 aromatic carbocycles. The predicted molar refractivity (Wildman–Crippen MR) is 61.6 cm³/mol. The van der Waals surface area contributed by atoms with Gasteiger partial charge in [0.2, 0.25) is 0 Å². The molecule has 1 aliphatic heterocycles. The molecule has 0 saturated heterocycles. The van der Waals surface area contributed by atoms with Gasteiger partial charge in [-0.15, -0.1) is 11.8 Å². The molecule has 2 rings (SSSR count). The first-order chi connectivity index (χ1) is 6.77. The van der Waals surface area contributed by atoms with Crippen molar-refractivity contribution < 1.29 is 0 Å². The standard InChI is InChI=1S/C11H16N2S/c1-13(2)12-7-9-8-14-11-6-4-3-5-10(9)11/h3-6,9,12H,7-8H2,1-2H3. The molecule has 0 amide bonds. The summed E-state index contributed by atoms with van der Waals surface area (Å²) < 4.78 is 0. The largest absolute Gasteiger partial charge is 0.255 e. The molecule has 0 fully saturated rings. The SMILES string of the molecule is CN(C)NCC1CSc2ccccc21. The van der Waals surface area contributed by atoms with Crippen LogP contribution >= 0.6 is 11.8 Å². The fourth-order valence-corrected chi connectivity index (χ4v) is 2.95. The Morgan fingerprint density at radius 3 is 3.00 bits per heavy atom. The summed E-state index contributed by atoms with van der Waals surface area (Å²) in [4.78, 5) is 1.46. The highest BCUT2D eigenvalue weighted by Crippen LogP contribution is 2.38. The topological polar surface area (TPSA) is 15.3 Å². The highest BCUT2D eigenvalue weighted by atomic mass is 32.2. The van der Waals surface area contributed by atoms with Crippen molar-refractivity contribution in [2.45, 2.75) is 10.8 Å². The van der Waals surface area contributed by atoms with E-state index in [0.29, 0.717) is 5.92 Å². The first kappa shape index (κ1) is 10.0. The van der Waals surface area contributed by atoms with Crippen LogP contribution in [-0.2, 0) is 0 Å². The summed E-state index contributed by atoms with van der Waals surface area (Å²) in [6.45, 7) is 1.04. The lowest BCUT2D eigenvalue weighted by Gasteiger charge is -2.16. The normalized spacial score (nSPS) is 20.1. The van der Waals surface area contributed by atoms with Crippen LogP contribution in [0.1, 0.15) is 11.5 Å². The number of hydrogen-bond acceptors (Lipinski definition) is 3. The maximum absolute atomic E-state index is 3.35. The molecule has 1 aromatic rings. The maximum atomic E-state index is 3.35. The Morgan fingerprint density at radius 1 is 1.43 bits per heavy atom. The van der Waals surface area contributed by atoms with E-state index in [1.165, 1.54) is 16.2 Å². The Hall–Kier alpha value is -0.510. The second-order valence-electron chi connectivity index (χ2n) is 3.80. The molecule has 0 radical (unpaired) electrons. The third kappa shape index (κ3) is 2.11. The Morgan fingerprint density at radius 2 is 2.21 bits per heavy atom. The van der Waals surface area contributed by atoms with Crippen LogP contribution in [0.25, 0.3) is 0 Å². The Kier molecular flexibility index (Phi) is 3.11. The smallest absolute Gasteiger partial charge is 0.0179 e. The third-order valence-corrected chi connectivity index (χ3v) is 3.70. The van der Waals surface area contributed by atoms with E-state index < -0.39 is 0 Å². The highest BCUT2D eigenvalue weighted by molar-refractivity contribution is 7.99. The summed E-state index contributed by atoms with van der Waals surface area (Å²) in [5.41, 5.74) is 4.85. The van der Waals surface area contributed by atoms with Gasteiger partial charge in [0.1, 0.15) is 0 Å². The number of thioether (sulfide) groups is 1. The minimum absolute atomic E-state index is 0.665. The molecule has 0 saturated carbocycles. The van der Waals surface area contributed by atoms with Crippen LogP contribution in [0.4, 0.5) is 0 Å². The van der Waals surface area contributed by atoms with E-state index in [1.54, 1.807) is 0 Å². The molecule has 1 N–H and O–H groups in total. The zero-order valence-corrected chi connectivity index (χ0v) is 9.47. The fourth-order valence-electron chi connectivity index (χ4n) is 1.69. The van der Waals surface area contributed by atoms with Crippen LogP contribution in [0.3, 0.4) is 0 Å². The van der Waals surface area contributed by atoms with E-state index in [0.717, 1.165) is 6.54 Å². The van der Waals surface area contributed by atoms with E-state index in [1.807, 2.05) is 30.9 Å². The molecule has 76 valence electrons. The molecule has 0 aliphatic carbocycles. The molecule has 0 spiro atoms. The Bertz CT molecular complexity index is 312. The van der Waals surface area contributed by atoms with Gasteiger partial charge in [-0.25, -0.2) is 0 Å². The van der Waals surface area contributed by atoms with Crippen molar-refractivity contribution >= 4 is 11.8 Å². The number of nitrogens with one attached hydrogen (secondary N) is 1. The molecule has 3 heteroatoms. The van der Waals surface area contributed by atoms with Gasteiger partial charge in [0, 0.05) is 37.2 Å². The van der Waals surface area contributed by atoms with Crippen LogP contribution in [0.15, 0.2) is 29.2 Å². The van der Waals surface area contributed by atoms with Crippen molar-refractivity contribution in [2.24, 2.45) is 0 Å². The number of hydrazine groups is 1. The monoisotopic (exact) mass is 208 g/mol. The van der Waals surface area contributed by atoms with Crippen molar-refractivity contribution in [3.8, 4) is 0 Å². The second-order valence-corrected chi connectivity index (χ2v) is 4.86. The van der Waals surface area contributed by atoms with Gasteiger partial charge >= 0.3 is 0 Å². The number of hydrogen-bond donors (Lipinski definition) is 1. The van der Waals surface area contributed by atoms with Gasteiger partial charge in [-0.05, 0) is 11.6 Å². The lowest BCUT2D eigenvalue weighted by Crippen LogP contribution is -2.34. The van der Waals surface area contributed by atoms with Crippen molar-refractivity contribution in [3.63, 3.8) is 0 Å². The number of fused-ring (bicyclic) bond motifs is 1. The molecular formula is C11H16N2S. The van der Waals surface area contributed by atoms with Gasteiger partial charge in [0.05, 0.1) is 0 Å². The number of nitrogens with zero attached hydrogens (tertiary/aromatic N) is 1. The lowest BCUT2D eigenvalue weighted by molar-refractivity contribution is 0.283. The number of rotatable bonds is 3. The minimum Gasteiger partial charge on any atom is -0.255 e. The van der Waals surface area contributed by atoms with Crippen LogP contribution in [0, 0.1) is 0 Å². The first-order valence-corrected chi connectivity index (χ1v) is 5.88. The van der Waals surface area contributed by atoms with Crippen molar-refractivity contribution in [3.05, 3.63) is 29.8 Å². The molecule has 1 heterocycles. The molecule has 1 atom stereocenters. The van der Waals surface area contributed by atoms with Gasteiger partial charge < -0.3 is 0 Å². The molecule has 14 heavy (non-hydrogen) atoms. The molecule has 2 nitrogen and oxygen atoms in total. The maximum Gasteiger partial charge on any atom is 0.0179 e. The fraction of sp³-hybridized carbons (Fsp3) is 0.455. The van der Waals surface area contributed by atoms with Crippen LogP contribution in [-0.4, -0.2) is 31.4 Å². The molecule has 1 unspecified atom stereocenters. The lowest BCUT2D eigenvalue weighted by atomic mass is 10.0. The van der Waals surface area contributed by atoms with Gasteiger partial charge in [0.15, 0.2) is 0 Å². The van der Waals surface area contributed by atoms with E-state index in [2.05, 4.69) is 29.7 Å². The second kappa shape index (κ2) is 4.34. The van der Waals surface area contributed by atoms with E-state index in [9.17, 15) is 0 Å². The summed E-state index contributed by atoms with van der Waals surface area (Å²) in [5.74, 6) is 1.87. The highest BCUT2D eigenvalue weighted by Gasteiger charge is 2.21. The van der Waals surface area contributed by atoms with Gasteiger partial charge in [-0.3, -0.25) is 10.4 Å². The molecular weight excluding hydrogens is 192 g/mol. The third-order valence-electron chi connectivity index (χ3n) is 2.45. The summed E-state index contributed by atoms with van der Waals surface area (Å²) in [6, 6.07) is 8.72. The average molecular weight is 208 g/mol. The van der Waals surface area contributed by atoms with Crippen molar-refractivity contribution in [1.82, 2.24) is 10.4 Å². The Balaban J connectivity index is 2.03. The first-order valence-electron chi connectivity index (χ1n) is 4.90. The zero-order valence-electron chi connectivity index (χ0n) is 8.66. The van der Waals surface area contributed by atoms with Crippen molar-refractivity contribution in [2.75, 3.05) is 26.4 Å². The number of benzene rings is 1. The summed E-state index contributed by atoms with van der Waals surface area (Å²) in [6.07, 6.45) is 0. The van der Waals surface area contributed by atoms with Gasteiger partial charge in [-0.2, -0.15) is 0 Å². The summed E-state index contributed by atoms with van der Waals surface area (Å²) >= 11 is 1.97. The van der Waals surface area contributed by atoms with Crippen molar-refractivity contribution in [1.29, 1.82) is 0 Å². The Labute approximate surface area is 89.7 Å². The molecule has 0 bridgehead atoms. The predicted octanol–water partition coefficient (Wildman–Crippen LogP) is 1.94. The minimum atomic E-state index is 0.665. The van der Waals surface area contributed by atoms with E-state index in [-0.39, 0.29) is 0 Å². The van der Waals surface area contributed by atoms with Gasteiger partial charge in [0.25, 0.3) is 0 Å². The van der Waals surface area contributed by atoms with Gasteiger partial charge in [-0.1, -0.05) is 18.2 Å². The van der Waals surface area contributed by atoms with E-state index in [4.69, 9.17) is 0 Å². The summed E-state index contributed by atoms with van der Waals surface area (Å²) in [7, 11) is 4.07. The van der Waals surface area contributed by atoms with E-state index >= 15 is 0 Å². The summed E-state index contributed by atoms with van der Waals surface area (Å²) in [5, 5.41) is 2.02. The average Bonchev–Trinajstić information content (AvgIpc) is 2.58.